The normalized spacial score (nSPS) is 15.9. The second-order valence-corrected chi connectivity index (χ2v) is 7.41. The minimum Gasteiger partial charge on any atom is -0.356 e. The van der Waals surface area contributed by atoms with Crippen molar-refractivity contribution >= 4 is 11.7 Å². The molecule has 0 radical (unpaired) electrons. The van der Waals surface area contributed by atoms with Crippen LogP contribution in [0.25, 0.3) is 11.4 Å². The SMILES string of the molecule is Cc1nc(-c2cccnc2N2CCC(C(=O)NC(C)c3ccccc3)CC2)no1. The highest BCUT2D eigenvalue weighted by Crippen LogP contribution is 2.30. The number of carbonyl (C=O) groups is 1. The van der Waals surface area contributed by atoms with Crippen molar-refractivity contribution in [2.45, 2.75) is 32.7 Å². The van der Waals surface area contributed by atoms with E-state index in [4.69, 9.17) is 4.52 Å². The van der Waals surface area contributed by atoms with Crippen LogP contribution in [0, 0.1) is 12.8 Å². The molecule has 0 bridgehead atoms. The smallest absolute Gasteiger partial charge is 0.223 e. The monoisotopic (exact) mass is 391 g/mol. The Labute approximate surface area is 170 Å². The van der Waals surface area contributed by atoms with Crippen LogP contribution in [0.15, 0.2) is 53.2 Å². The zero-order chi connectivity index (χ0) is 20.2. The molecule has 1 N–H and O–H groups in total. The zero-order valence-electron chi connectivity index (χ0n) is 16.7. The first kappa shape index (κ1) is 19.1. The molecule has 1 saturated heterocycles. The molecule has 29 heavy (non-hydrogen) atoms. The van der Waals surface area contributed by atoms with Gasteiger partial charge in [-0.05, 0) is 37.5 Å². The molecule has 2 aromatic heterocycles. The van der Waals surface area contributed by atoms with Crippen LogP contribution in [0.3, 0.4) is 0 Å². The summed E-state index contributed by atoms with van der Waals surface area (Å²) in [5.74, 6) is 2.04. The Morgan fingerprint density at radius 1 is 1.17 bits per heavy atom. The highest BCUT2D eigenvalue weighted by atomic mass is 16.5. The van der Waals surface area contributed by atoms with Crippen molar-refractivity contribution in [1.82, 2.24) is 20.4 Å². The Morgan fingerprint density at radius 2 is 1.93 bits per heavy atom. The van der Waals surface area contributed by atoms with Gasteiger partial charge in [0, 0.05) is 32.1 Å². The lowest BCUT2D eigenvalue weighted by Crippen LogP contribution is -2.41. The number of carbonyl (C=O) groups excluding carboxylic acids is 1. The number of nitrogens with one attached hydrogen (secondary N) is 1. The van der Waals surface area contributed by atoms with E-state index in [0.29, 0.717) is 11.7 Å². The molecule has 1 aliphatic rings. The van der Waals surface area contributed by atoms with E-state index in [1.807, 2.05) is 49.4 Å². The standard InChI is InChI=1S/C22H25N5O2/c1-15(17-7-4-3-5-8-17)24-22(28)18-10-13-27(14-11-18)21-19(9-6-12-23-21)20-25-16(2)29-26-20/h3-9,12,15,18H,10-11,13-14H2,1-2H3,(H,24,28). The molecule has 3 heterocycles. The van der Waals surface area contributed by atoms with Crippen molar-refractivity contribution in [3.63, 3.8) is 0 Å². The summed E-state index contributed by atoms with van der Waals surface area (Å²) in [4.78, 5) is 23.8. The third-order valence-corrected chi connectivity index (χ3v) is 5.38. The summed E-state index contributed by atoms with van der Waals surface area (Å²) < 4.78 is 5.12. The molecule has 150 valence electrons. The van der Waals surface area contributed by atoms with E-state index in [2.05, 4.69) is 25.3 Å². The number of pyridine rings is 1. The lowest BCUT2D eigenvalue weighted by molar-refractivity contribution is -0.126. The fraction of sp³-hybridized carbons (Fsp3) is 0.364. The van der Waals surface area contributed by atoms with Gasteiger partial charge in [0.15, 0.2) is 0 Å². The molecule has 0 aliphatic carbocycles. The molecule has 4 rings (SSSR count). The first-order chi connectivity index (χ1) is 14.1. The minimum absolute atomic E-state index is 0.00519. The number of hydrogen-bond acceptors (Lipinski definition) is 6. The highest BCUT2D eigenvalue weighted by molar-refractivity contribution is 5.79. The van der Waals surface area contributed by atoms with Crippen molar-refractivity contribution in [1.29, 1.82) is 0 Å². The summed E-state index contributed by atoms with van der Waals surface area (Å²) >= 11 is 0. The third kappa shape index (κ3) is 4.29. The fourth-order valence-corrected chi connectivity index (χ4v) is 3.74. The van der Waals surface area contributed by atoms with E-state index >= 15 is 0 Å². The van der Waals surface area contributed by atoms with Crippen LogP contribution in [0.1, 0.15) is 37.3 Å². The number of nitrogens with zero attached hydrogens (tertiary/aromatic N) is 4. The Bertz CT molecular complexity index is 964. The molecule has 0 saturated carbocycles. The van der Waals surface area contributed by atoms with E-state index in [1.54, 1.807) is 13.1 Å². The van der Waals surface area contributed by atoms with Crippen molar-refractivity contribution in [2.24, 2.45) is 5.92 Å². The summed E-state index contributed by atoms with van der Waals surface area (Å²) in [7, 11) is 0. The number of rotatable bonds is 5. The Hall–Kier alpha value is -3.22. The van der Waals surface area contributed by atoms with Gasteiger partial charge in [-0.1, -0.05) is 35.5 Å². The number of benzene rings is 1. The van der Waals surface area contributed by atoms with Gasteiger partial charge < -0.3 is 14.7 Å². The van der Waals surface area contributed by atoms with Crippen molar-refractivity contribution in [3.05, 3.63) is 60.1 Å². The average molecular weight is 391 g/mol. The Balaban J connectivity index is 1.39. The van der Waals surface area contributed by atoms with Crippen LogP contribution >= 0.6 is 0 Å². The van der Waals surface area contributed by atoms with E-state index in [0.717, 1.165) is 42.9 Å². The van der Waals surface area contributed by atoms with Crippen LogP contribution in [-0.2, 0) is 4.79 Å². The number of aromatic nitrogens is 3. The van der Waals surface area contributed by atoms with Gasteiger partial charge in [0.2, 0.25) is 17.6 Å². The molecule has 1 fully saturated rings. The van der Waals surface area contributed by atoms with Crippen molar-refractivity contribution in [3.8, 4) is 11.4 Å². The predicted octanol–water partition coefficient (Wildman–Crippen LogP) is 3.53. The lowest BCUT2D eigenvalue weighted by Gasteiger charge is -2.33. The molecule has 7 nitrogen and oxygen atoms in total. The molecule has 3 aromatic rings. The summed E-state index contributed by atoms with van der Waals surface area (Å²) in [5.41, 5.74) is 1.97. The maximum Gasteiger partial charge on any atom is 0.223 e. The predicted molar refractivity (Wildman–Crippen MR) is 110 cm³/mol. The molecule has 1 amide bonds. The topological polar surface area (TPSA) is 84.2 Å². The number of amides is 1. The third-order valence-electron chi connectivity index (χ3n) is 5.38. The maximum absolute atomic E-state index is 12.7. The van der Waals surface area contributed by atoms with Gasteiger partial charge in [0.05, 0.1) is 11.6 Å². The molecule has 1 aromatic carbocycles. The second-order valence-electron chi connectivity index (χ2n) is 7.41. The molecule has 1 aliphatic heterocycles. The zero-order valence-corrected chi connectivity index (χ0v) is 16.7. The highest BCUT2D eigenvalue weighted by Gasteiger charge is 2.28. The molecule has 1 atom stereocenters. The number of aryl methyl sites for hydroxylation is 1. The molecular formula is C22H25N5O2. The van der Waals surface area contributed by atoms with Crippen LogP contribution in [0.5, 0.6) is 0 Å². The Kier molecular flexibility index (Phi) is 5.55. The molecule has 7 heteroatoms. The van der Waals surface area contributed by atoms with Gasteiger partial charge in [-0.25, -0.2) is 4.98 Å². The van der Waals surface area contributed by atoms with E-state index in [-0.39, 0.29) is 17.9 Å². The van der Waals surface area contributed by atoms with Crippen LogP contribution in [-0.4, -0.2) is 34.1 Å². The fourth-order valence-electron chi connectivity index (χ4n) is 3.74. The summed E-state index contributed by atoms with van der Waals surface area (Å²) in [6, 6.07) is 13.9. The van der Waals surface area contributed by atoms with Gasteiger partial charge in [-0.15, -0.1) is 0 Å². The van der Waals surface area contributed by atoms with Crippen molar-refractivity contribution < 1.29 is 9.32 Å². The van der Waals surface area contributed by atoms with E-state index in [1.165, 1.54) is 0 Å². The van der Waals surface area contributed by atoms with Gasteiger partial charge in [0.1, 0.15) is 5.82 Å². The minimum atomic E-state index is 0.00519. The largest absolute Gasteiger partial charge is 0.356 e. The van der Waals surface area contributed by atoms with E-state index < -0.39 is 0 Å². The first-order valence-electron chi connectivity index (χ1n) is 9.98. The average Bonchev–Trinajstić information content (AvgIpc) is 3.20. The molecule has 0 spiro atoms. The summed E-state index contributed by atoms with van der Waals surface area (Å²) in [5, 5.41) is 7.18. The number of hydrogen-bond donors (Lipinski definition) is 1. The van der Waals surface area contributed by atoms with Gasteiger partial charge in [-0.2, -0.15) is 4.98 Å². The lowest BCUT2D eigenvalue weighted by atomic mass is 9.95. The van der Waals surface area contributed by atoms with Gasteiger partial charge in [-0.3, -0.25) is 4.79 Å². The van der Waals surface area contributed by atoms with Gasteiger partial charge >= 0.3 is 0 Å². The Morgan fingerprint density at radius 3 is 2.62 bits per heavy atom. The van der Waals surface area contributed by atoms with Crippen LogP contribution in [0.2, 0.25) is 0 Å². The summed E-state index contributed by atoms with van der Waals surface area (Å²) in [6.07, 6.45) is 3.34. The quantitative estimate of drug-likeness (QED) is 0.716. The van der Waals surface area contributed by atoms with Crippen LogP contribution in [0.4, 0.5) is 5.82 Å². The second kappa shape index (κ2) is 8.43. The number of anilines is 1. The molecular weight excluding hydrogens is 366 g/mol. The van der Waals surface area contributed by atoms with E-state index in [9.17, 15) is 4.79 Å². The van der Waals surface area contributed by atoms with Crippen molar-refractivity contribution in [2.75, 3.05) is 18.0 Å². The molecule has 1 unspecified atom stereocenters. The first-order valence-corrected chi connectivity index (χ1v) is 9.98. The van der Waals surface area contributed by atoms with Crippen LogP contribution < -0.4 is 10.2 Å². The summed E-state index contributed by atoms with van der Waals surface area (Å²) in [6.45, 7) is 5.32. The maximum atomic E-state index is 12.7. The number of piperidine rings is 1. The van der Waals surface area contributed by atoms with Gasteiger partial charge in [0.25, 0.3) is 0 Å².